The molecule has 1 saturated heterocycles. The summed E-state index contributed by atoms with van der Waals surface area (Å²) in [6.45, 7) is 8.02. The predicted molar refractivity (Wildman–Crippen MR) is 95.0 cm³/mol. The van der Waals surface area contributed by atoms with Crippen molar-refractivity contribution in [3.63, 3.8) is 0 Å². The summed E-state index contributed by atoms with van der Waals surface area (Å²) in [5.74, 6) is -0.732. The molecule has 6 heteroatoms. The summed E-state index contributed by atoms with van der Waals surface area (Å²) in [7, 11) is 0. The number of Topliss-reactive ketones (excluding diaryl/α,β-unsaturated/α-hetero) is 2. The molecule has 1 fully saturated rings. The number of ketones is 2. The van der Waals surface area contributed by atoms with E-state index >= 15 is 0 Å². The van der Waals surface area contributed by atoms with Gasteiger partial charge in [-0.3, -0.25) is 14.4 Å². The maximum Gasteiger partial charge on any atom is 0.251 e. The molecular weight excluding hydrogens is 320 g/mol. The van der Waals surface area contributed by atoms with E-state index in [1.807, 2.05) is 0 Å². The van der Waals surface area contributed by atoms with Crippen LogP contribution in [0.15, 0.2) is 22.3 Å². The summed E-state index contributed by atoms with van der Waals surface area (Å²) in [5, 5.41) is 16.6. The second-order valence-electron chi connectivity index (χ2n) is 7.30. The highest BCUT2D eigenvalue weighted by molar-refractivity contribution is 6.24. The number of carbonyl (C=O) groups is 3. The molecule has 0 bridgehead atoms. The van der Waals surface area contributed by atoms with Crippen LogP contribution >= 0.6 is 0 Å². The fourth-order valence-corrected chi connectivity index (χ4v) is 3.25. The van der Waals surface area contributed by atoms with Gasteiger partial charge in [0.2, 0.25) is 0 Å². The number of aliphatic hydroxyl groups is 1. The molecule has 1 amide bonds. The molecule has 138 valence electrons. The highest BCUT2D eigenvalue weighted by atomic mass is 16.3. The van der Waals surface area contributed by atoms with Crippen LogP contribution in [0.4, 0.5) is 0 Å². The minimum atomic E-state index is -1.59. The van der Waals surface area contributed by atoms with Crippen molar-refractivity contribution in [2.45, 2.75) is 65.0 Å². The fourth-order valence-electron chi connectivity index (χ4n) is 3.25. The minimum Gasteiger partial charge on any atom is -0.380 e. The molecule has 25 heavy (non-hydrogen) atoms. The largest absolute Gasteiger partial charge is 0.380 e. The van der Waals surface area contributed by atoms with Crippen molar-refractivity contribution < 1.29 is 19.5 Å². The Hall–Kier alpha value is -1.79. The number of rotatable bonds is 5. The van der Waals surface area contributed by atoms with Crippen LogP contribution in [0, 0.1) is 0 Å². The standard InChI is InChI=1S/C19H28N2O4/c1-11-12(2)17(23)15(13(3)16(11)22)7-8-19(4,25)18(24)21-14-6-5-9-20-10-14/h14,20,25H,5-10H2,1-4H3,(H,21,24)/t14-,19+/m1/s1. The van der Waals surface area contributed by atoms with Crippen molar-refractivity contribution in [1.82, 2.24) is 10.6 Å². The summed E-state index contributed by atoms with van der Waals surface area (Å²) >= 11 is 0. The Kier molecular flexibility index (Phi) is 5.95. The van der Waals surface area contributed by atoms with Crippen LogP contribution in [0.25, 0.3) is 0 Å². The zero-order valence-corrected chi connectivity index (χ0v) is 15.5. The number of hydrogen-bond donors (Lipinski definition) is 3. The van der Waals surface area contributed by atoms with Gasteiger partial charge in [-0.2, -0.15) is 0 Å². The second-order valence-corrected chi connectivity index (χ2v) is 7.30. The van der Waals surface area contributed by atoms with Gasteiger partial charge in [-0.1, -0.05) is 0 Å². The lowest BCUT2D eigenvalue weighted by atomic mass is 9.82. The molecule has 0 aromatic rings. The first kappa shape index (κ1) is 19.5. The number of nitrogens with one attached hydrogen (secondary N) is 2. The van der Waals surface area contributed by atoms with Gasteiger partial charge in [-0.05, 0) is 59.9 Å². The predicted octanol–water partition coefficient (Wildman–Crippen LogP) is 1.19. The molecule has 0 radical (unpaired) electrons. The smallest absolute Gasteiger partial charge is 0.251 e. The molecule has 3 N–H and O–H groups in total. The third kappa shape index (κ3) is 4.25. The van der Waals surface area contributed by atoms with E-state index in [4.69, 9.17) is 0 Å². The number of carbonyl (C=O) groups excluding carboxylic acids is 3. The summed E-state index contributed by atoms with van der Waals surface area (Å²) in [4.78, 5) is 37.0. The fraction of sp³-hybridized carbons (Fsp3) is 0.632. The van der Waals surface area contributed by atoms with Crippen LogP contribution < -0.4 is 10.6 Å². The van der Waals surface area contributed by atoms with Crippen LogP contribution in [0.5, 0.6) is 0 Å². The average Bonchev–Trinajstić information content (AvgIpc) is 2.59. The number of allylic oxidation sites excluding steroid dienone is 4. The van der Waals surface area contributed by atoms with Crippen LogP contribution in [0.3, 0.4) is 0 Å². The SMILES string of the molecule is CC1=C(C)C(=O)C(CC[C@](C)(O)C(=O)N[C@@H]2CCCNC2)=C(C)C1=O. The molecule has 1 heterocycles. The average molecular weight is 348 g/mol. The first-order valence-electron chi connectivity index (χ1n) is 8.86. The Morgan fingerprint density at radius 2 is 1.84 bits per heavy atom. The molecule has 2 atom stereocenters. The summed E-state index contributed by atoms with van der Waals surface area (Å²) in [5.41, 5.74) is 0.155. The molecule has 1 aliphatic heterocycles. The van der Waals surface area contributed by atoms with Crippen LogP contribution in [0.1, 0.15) is 53.4 Å². The maximum absolute atomic E-state index is 12.4. The Morgan fingerprint density at radius 3 is 2.44 bits per heavy atom. The highest BCUT2D eigenvalue weighted by Crippen LogP contribution is 2.29. The third-order valence-electron chi connectivity index (χ3n) is 5.29. The first-order valence-corrected chi connectivity index (χ1v) is 8.86. The molecule has 0 unspecified atom stereocenters. The van der Waals surface area contributed by atoms with E-state index in [2.05, 4.69) is 10.6 Å². The highest BCUT2D eigenvalue weighted by Gasteiger charge is 2.34. The minimum absolute atomic E-state index is 0.0133. The lowest BCUT2D eigenvalue weighted by molar-refractivity contribution is -0.139. The van der Waals surface area contributed by atoms with Gasteiger partial charge in [0.05, 0.1) is 0 Å². The van der Waals surface area contributed by atoms with Gasteiger partial charge in [0, 0.05) is 34.9 Å². The molecule has 1 aliphatic carbocycles. The third-order valence-corrected chi connectivity index (χ3v) is 5.29. The quantitative estimate of drug-likeness (QED) is 0.649. The number of piperidine rings is 1. The molecular formula is C19H28N2O4. The van der Waals surface area contributed by atoms with E-state index in [0.29, 0.717) is 28.8 Å². The molecule has 0 spiro atoms. The van der Waals surface area contributed by atoms with E-state index in [1.165, 1.54) is 6.92 Å². The Morgan fingerprint density at radius 1 is 1.20 bits per heavy atom. The number of hydrogen-bond acceptors (Lipinski definition) is 5. The van der Waals surface area contributed by atoms with E-state index in [9.17, 15) is 19.5 Å². The van der Waals surface area contributed by atoms with Crippen LogP contribution in [0.2, 0.25) is 0 Å². The summed E-state index contributed by atoms with van der Waals surface area (Å²) < 4.78 is 0. The van der Waals surface area contributed by atoms with Gasteiger partial charge in [0.25, 0.3) is 5.91 Å². The van der Waals surface area contributed by atoms with Gasteiger partial charge in [-0.25, -0.2) is 0 Å². The zero-order valence-electron chi connectivity index (χ0n) is 15.5. The van der Waals surface area contributed by atoms with Crippen molar-refractivity contribution in [3.05, 3.63) is 22.3 Å². The van der Waals surface area contributed by atoms with Gasteiger partial charge < -0.3 is 15.7 Å². The van der Waals surface area contributed by atoms with E-state index in [-0.39, 0.29) is 30.4 Å². The van der Waals surface area contributed by atoms with Crippen molar-refractivity contribution >= 4 is 17.5 Å². The first-order chi connectivity index (χ1) is 11.6. The Balaban J connectivity index is 2.02. The van der Waals surface area contributed by atoms with Crippen LogP contribution in [-0.2, 0) is 14.4 Å². The molecule has 0 saturated carbocycles. The summed E-state index contributed by atoms with van der Waals surface area (Å²) in [6, 6.07) is 0.0133. The van der Waals surface area contributed by atoms with E-state index in [0.717, 1.165) is 19.4 Å². The lowest BCUT2D eigenvalue weighted by Gasteiger charge is -2.29. The molecule has 0 aromatic heterocycles. The molecule has 0 aromatic carbocycles. The van der Waals surface area contributed by atoms with Crippen molar-refractivity contribution in [2.24, 2.45) is 0 Å². The monoisotopic (exact) mass is 348 g/mol. The Labute approximate surface area is 148 Å². The van der Waals surface area contributed by atoms with E-state index < -0.39 is 11.5 Å². The van der Waals surface area contributed by atoms with E-state index in [1.54, 1.807) is 20.8 Å². The second kappa shape index (κ2) is 7.62. The normalized spacial score (nSPS) is 24.4. The van der Waals surface area contributed by atoms with Crippen molar-refractivity contribution in [2.75, 3.05) is 13.1 Å². The molecule has 2 rings (SSSR count). The van der Waals surface area contributed by atoms with Gasteiger partial charge >= 0.3 is 0 Å². The van der Waals surface area contributed by atoms with Gasteiger partial charge in [0.1, 0.15) is 5.60 Å². The number of amides is 1. The van der Waals surface area contributed by atoms with Gasteiger partial charge in [0.15, 0.2) is 11.6 Å². The molecule has 6 nitrogen and oxygen atoms in total. The summed E-state index contributed by atoms with van der Waals surface area (Å²) in [6.07, 6.45) is 2.16. The van der Waals surface area contributed by atoms with Crippen molar-refractivity contribution in [1.29, 1.82) is 0 Å². The van der Waals surface area contributed by atoms with Gasteiger partial charge in [-0.15, -0.1) is 0 Å². The van der Waals surface area contributed by atoms with Crippen LogP contribution in [-0.4, -0.2) is 47.3 Å². The lowest BCUT2D eigenvalue weighted by Crippen LogP contribution is -2.52. The zero-order chi connectivity index (χ0) is 18.8. The topological polar surface area (TPSA) is 95.5 Å². The maximum atomic E-state index is 12.4. The molecule has 2 aliphatic rings. The van der Waals surface area contributed by atoms with Crippen molar-refractivity contribution in [3.8, 4) is 0 Å². The Bertz CT molecular complexity index is 652.